The van der Waals surface area contributed by atoms with E-state index in [0.29, 0.717) is 29.4 Å². The molecule has 0 bridgehead atoms. The van der Waals surface area contributed by atoms with Crippen molar-refractivity contribution in [2.75, 3.05) is 19.5 Å². The third kappa shape index (κ3) is 4.03. The molecule has 11 nitrogen and oxygen atoms in total. The molecular formula is C18H20N6O5. The minimum absolute atomic E-state index is 0.0804. The van der Waals surface area contributed by atoms with Crippen molar-refractivity contribution < 1.29 is 19.2 Å². The number of nitrogens with zero attached hydrogens (tertiary/aromatic N) is 4. The zero-order valence-corrected chi connectivity index (χ0v) is 16.3. The normalized spacial score (nSPS) is 10.6. The maximum absolute atomic E-state index is 12.4. The molecule has 11 heteroatoms. The van der Waals surface area contributed by atoms with Crippen LogP contribution < -0.4 is 14.8 Å². The summed E-state index contributed by atoms with van der Waals surface area (Å²) in [5.74, 6) is 0.324. The van der Waals surface area contributed by atoms with Crippen molar-refractivity contribution in [1.82, 2.24) is 20.0 Å². The molecule has 29 heavy (non-hydrogen) atoms. The summed E-state index contributed by atoms with van der Waals surface area (Å²) in [5.41, 5.74) is 2.73. The van der Waals surface area contributed by atoms with Gasteiger partial charge in [0.1, 0.15) is 0 Å². The molecule has 0 atom stereocenters. The molecule has 0 aliphatic heterocycles. The number of benzene rings is 1. The van der Waals surface area contributed by atoms with Crippen LogP contribution in [0.25, 0.3) is 0 Å². The summed E-state index contributed by atoms with van der Waals surface area (Å²) in [5, 5.41) is 23.8. The highest BCUT2D eigenvalue weighted by atomic mass is 16.6. The molecule has 152 valence electrons. The molecule has 1 aromatic carbocycles. The number of nitro groups is 1. The zero-order valence-electron chi connectivity index (χ0n) is 16.3. The topological polar surface area (TPSA) is 137 Å². The quantitative estimate of drug-likeness (QED) is 0.459. The second-order valence-corrected chi connectivity index (χ2v) is 6.24. The van der Waals surface area contributed by atoms with Crippen molar-refractivity contribution in [2.45, 2.75) is 20.4 Å². The number of carbonyl (C=O) groups is 1. The fraction of sp³-hybridized carbons (Fsp3) is 0.278. The van der Waals surface area contributed by atoms with E-state index in [9.17, 15) is 14.9 Å². The predicted molar refractivity (Wildman–Crippen MR) is 104 cm³/mol. The summed E-state index contributed by atoms with van der Waals surface area (Å²) in [6.07, 6.45) is 0. The second-order valence-electron chi connectivity index (χ2n) is 6.24. The van der Waals surface area contributed by atoms with E-state index >= 15 is 0 Å². The minimum Gasteiger partial charge on any atom is -0.493 e. The number of H-pyrrole nitrogens is 1. The summed E-state index contributed by atoms with van der Waals surface area (Å²) >= 11 is 0. The first-order valence-electron chi connectivity index (χ1n) is 8.60. The monoisotopic (exact) mass is 400 g/mol. The van der Waals surface area contributed by atoms with Crippen LogP contribution >= 0.6 is 0 Å². The lowest BCUT2D eigenvalue weighted by Gasteiger charge is -2.10. The third-order valence-corrected chi connectivity index (χ3v) is 4.39. The average Bonchev–Trinajstić information content (AvgIpc) is 3.29. The van der Waals surface area contributed by atoms with Gasteiger partial charge in [-0.25, -0.2) is 0 Å². The van der Waals surface area contributed by atoms with E-state index in [0.717, 1.165) is 17.3 Å². The van der Waals surface area contributed by atoms with Crippen LogP contribution in [0.1, 0.15) is 27.4 Å². The first-order valence-corrected chi connectivity index (χ1v) is 8.60. The Balaban J connectivity index is 1.81. The molecular weight excluding hydrogens is 380 g/mol. The van der Waals surface area contributed by atoms with Crippen molar-refractivity contribution >= 4 is 17.4 Å². The number of hydrogen-bond donors (Lipinski definition) is 2. The summed E-state index contributed by atoms with van der Waals surface area (Å²) in [7, 11) is 3.14. The van der Waals surface area contributed by atoms with Gasteiger partial charge in [-0.15, -0.1) is 5.10 Å². The van der Waals surface area contributed by atoms with Crippen LogP contribution in [0.5, 0.6) is 11.5 Å². The van der Waals surface area contributed by atoms with Gasteiger partial charge in [0.15, 0.2) is 17.2 Å². The van der Waals surface area contributed by atoms with Crippen molar-refractivity contribution in [2.24, 2.45) is 0 Å². The lowest BCUT2D eigenvalue weighted by Crippen LogP contribution is -2.14. The van der Waals surface area contributed by atoms with Gasteiger partial charge in [-0.3, -0.25) is 9.48 Å². The number of hydrogen-bond acceptors (Lipinski definition) is 7. The standard InChI is InChI=1S/C18H20N6O5/c1-10-17(19-18(25)13-8-16(21-20-13)24(26)27)11(2)23(22-10)9-12-5-6-14(28-3)15(7-12)29-4/h5-8H,9H2,1-4H3,(H,19,25)(H,20,21). The van der Waals surface area contributed by atoms with Crippen LogP contribution in [0, 0.1) is 24.0 Å². The molecule has 0 spiro atoms. The van der Waals surface area contributed by atoms with Crippen LogP contribution in [0.15, 0.2) is 24.3 Å². The number of ether oxygens (including phenoxy) is 2. The number of amides is 1. The molecule has 2 heterocycles. The molecule has 2 N–H and O–H groups in total. The largest absolute Gasteiger partial charge is 0.493 e. The SMILES string of the molecule is COc1ccc(Cn2nc(C)c(NC(=O)c3cc([N+](=O)[O-])[nH]n3)c2C)cc1OC. The Morgan fingerprint density at radius 3 is 2.59 bits per heavy atom. The van der Waals surface area contributed by atoms with Gasteiger partial charge < -0.3 is 24.9 Å². The zero-order chi connectivity index (χ0) is 21.1. The maximum Gasteiger partial charge on any atom is 0.343 e. The Kier molecular flexibility index (Phi) is 5.48. The molecule has 2 aromatic heterocycles. The van der Waals surface area contributed by atoms with Gasteiger partial charge in [0.05, 0.1) is 43.9 Å². The molecule has 1 amide bonds. The number of aromatic nitrogens is 4. The molecule has 0 saturated heterocycles. The third-order valence-electron chi connectivity index (χ3n) is 4.39. The first-order chi connectivity index (χ1) is 13.8. The first kappa shape index (κ1) is 19.9. The summed E-state index contributed by atoms with van der Waals surface area (Å²) in [6, 6.07) is 6.65. The number of aromatic amines is 1. The number of aryl methyl sites for hydroxylation is 1. The van der Waals surface area contributed by atoms with E-state index in [1.807, 2.05) is 25.1 Å². The van der Waals surface area contributed by atoms with Crippen LogP contribution in [0.2, 0.25) is 0 Å². The average molecular weight is 400 g/mol. The summed E-state index contributed by atoms with van der Waals surface area (Å²) < 4.78 is 12.3. The Hall–Kier alpha value is -3.89. The van der Waals surface area contributed by atoms with Crippen molar-refractivity contribution in [1.29, 1.82) is 0 Å². The molecule has 0 fully saturated rings. The number of methoxy groups -OCH3 is 2. The Bertz CT molecular complexity index is 1070. The van der Waals surface area contributed by atoms with Crippen LogP contribution in [-0.4, -0.2) is 45.0 Å². The minimum atomic E-state index is -0.651. The molecule has 0 unspecified atom stereocenters. The smallest absolute Gasteiger partial charge is 0.343 e. The van der Waals surface area contributed by atoms with Crippen molar-refractivity contribution in [3.8, 4) is 11.5 Å². The fourth-order valence-electron chi connectivity index (χ4n) is 2.88. The van der Waals surface area contributed by atoms with Gasteiger partial charge in [0, 0.05) is 0 Å². The lowest BCUT2D eigenvalue weighted by molar-refractivity contribution is -0.389. The van der Waals surface area contributed by atoms with Gasteiger partial charge in [-0.05, 0) is 36.5 Å². The molecule has 3 rings (SSSR count). The van der Waals surface area contributed by atoms with Crippen molar-refractivity contribution in [3.63, 3.8) is 0 Å². The maximum atomic E-state index is 12.4. The van der Waals surface area contributed by atoms with E-state index in [1.165, 1.54) is 0 Å². The second kappa shape index (κ2) is 8.00. The molecule has 0 aliphatic rings. The van der Waals surface area contributed by atoms with Crippen molar-refractivity contribution in [3.05, 3.63) is 57.0 Å². The van der Waals surface area contributed by atoms with Crippen LogP contribution in [0.3, 0.4) is 0 Å². The lowest BCUT2D eigenvalue weighted by atomic mass is 10.2. The highest BCUT2D eigenvalue weighted by Crippen LogP contribution is 2.28. The number of anilines is 1. The van der Waals surface area contributed by atoms with Crippen LogP contribution in [-0.2, 0) is 6.54 Å². The van der Waals surface area contributed by atoms with Gasteiger partial charge in [-0.2, -0.15) is 5.10 Å². The highest BCUT2D eigenvalue weighted by molar-refractivity contribution is 6.03. The Labute approximate surface area is 165 Å². The number of carbonyl (C=O) groups excluding carboxylic acids is 1. The van der Waals surface area contributed by atoms with Crippen LogP contribution in [0.4, 0.5) is 11.5 Å². The summed E-state index contributed by atoms with van der Waals surface area (Å²) in [6.45, 7) is 4.04. The van der Waals surface area contributed by atoms with Gasteiger partial charge in [-0.1, -0.05) is 11.2 Å². The van der Waals surface area contributed by atoms with E-state index in [1.54, 1.807) is 25.8 Å². The Morgan fingerprint density at radius 1 is 1.24 bits per heavy atom. The molecule has 0 saturated carbocycles. The number of rotatable bonds is 7. The molecule has 0 radical (unpaired) electrons. The highest BCUT2D eigenvalue weighted by Gasteiger charge is 2.20. The van der Waals surface area contributed by atoms with E-state index in [-0.39, 0.29) is 11.5 Å². The molecule has 3 aromatic rings. The predicted octanol–water partition coefficient (Wildman–Crippen LogP) is 2.45. The Morgan fingerprint density at radius 2 is 1.97 bits per heavy atom. The van der Waals surface area contributed by atoms with Gasteiger partial charge in [0.25, 0.3) is 5.91 Å². The summed E-state index contributed by atoms with van der Waals surface area (Å²) in [4.78, 5) is 22.5. The van der Waals surface area contributed by atoms with Gasteiger partial charge in [0.2, 0.25) is 0 Å². The van der Waals surface area contributed by atoms with E-state index in [2.05, 4.69) is 20.6 Å². The number of nitrogens with one attached hydrogen (secondary N) is 2. The fourth-order valence-corrected chi connectivity index (χ4v) is 2.88. The van der Waals surface area contributed by atoms with Gasteiger partial charge >= 0.3 is 5.82 Å². The molecule has 0 aliphatic carbocycles. The van der Waals surface area contributed by atoms with E-state index in [4.69, 9.17) is 9.47 Å². The van der Waals surface area contributed by atoms with E-state index < -0.39 is 10.8 Å².